The van der Waals surface area contributed by atoms with Crippen molar-refractivity contribution in [2.24, 2.45) is 0 Å². The Bertz CT molecular complexity index is 607. The van der Waals surface area contributed by atoms with E-state index in [9.17, 15) is 0 Å². The summed E-state index contributed by atoms with van der Waals surface area (Å²) in [6.07, 6.45) is 0. The quantitative estimate of drug-likeness (QED) is 0.893. The van der Waals surface area contributed by atoms with E-state index < -0.39 is 0 Å². The Balaban J connectivity index is 2.08. The number of hydrogen-bond donors (Lipinski definition) is 1. The van der Waals surface area contributed by atoms with Gasteiger partial charge in [-0.2, -0.15) is 0 Å². The van der Waals surface area contributed by atoms with Crippen LogP contribution in [0.2, 0.25) is 0 Å². The molecular weight excluding hydrogens is 280 g/mol. The molecule has 114 valence electrons. The minimum absolute atomic E-state index is 0.133. The molecule has 1 aromatic carbocycles. The fourth-order valence-electron chi connectivity index (χ4n) is 1.88. The molecule has 3 nitrogen and oxygen atoms in total. The van der Waals surface area contributed by atoms with Crippen LogP contribution in [0.5, 0.6) is 0 Å². The molecule has 0 aliphatic carbocycles. The lowest BCUT2D eigenvalue weighted by molar-refractivity contribution is 0.424. The second kappa shape index (κ2) is 6.24. The highest BCUT2D eigenvalue weighted by Crippen LogP contribution is 2.31. The lowest BCUT2D eigenvalue weighted by atomic mass is 10.1. The van der Waals surface area contributed by atoms with E-state index >= 15 is 0 Å². The molecule has 0 aliphatic heterocycles. The minimum Gasteiger partial charge on any atom is -0.436 e. The Hall–Kier alpha value is -1.26. The number of nitrogens with zero attached hydrogens (tertiary/aromatic N) is 1. The second-order valence-electron chi connectivity index (χ2n) is 6.43. The first-order valence-electron chi connectivity index (χ1n) is 7.21. The maximum absolute atomic E-state index is 5.64. The first kappa shape index (κ1) is 16.1. The zero-order valence-electron chi connectivity index (χ0n) is 13.7. The standard InChI is InChI=1S/C17H24N2OS/c1-11-9-14(10-18-17(4,5)6)7-8-15(11)21-16-19-12(2)13(3)20-16/h7-9,18H,10H2,1-6H3. The maximum atomic E-state index is 5.64. The van der Waals surface area contributed by atoms with Crippen LogP contribution in [0.3, 0.4) is 0 Å². The molecule has 21 heavy (non-hydrogen) atoms. The molecule has 0 atom stereocenters. The number of hydrogen-bond acceptors (Lipinski definition) is 4. The van der Waals surface area contributed by atoms with Crippen LogP contribution in [0.4, 0.5) is 0 Å². The van der Waals surface area contributed by atoms with Gasteiger partial charge in [0.1, 0.15) is 5.76 Å². The SMILES string of the molecule is Cc1cc(CNC(C)(C)C)ccc1Sc1nc(C)c(C)o1. The van der Waals surface area contributed by atoms with Crippen molar-refractivity contribution in [3.8, 4) is 0 Å². The van der Waals surface area contributed by atoms with Crippen LogP contribution < -0.4 is 5.32 Å². The van der Waals surface area contributed by atoms with Crippen molar-refractivity contribution in [3.63, 3.8) is 0 Å². The molecule has 2 rings (SSSR count). The third kappa shape index (κ3) is 4.61. The van der Waals surface area contributed by atoms with Crippen LogP contribution in [-0.2, 0) is 6.54 Å². The van der Waals surface area contributed by atoms with Crippen LogP contribution in [0.25, 0.3) is 0 Å². The number of rotatable bonds is 4. The summed E-state index contributed by atoms with van der Waals surface area (Å²) in [6, 6.07) is 6.54. The molecule has 0 radical (unpaired) electrons. The van der Waals surface area contributed by atoms with E-state index in [0.29, 0.717) is 5.22 Å². The molecule has 1 N–H and O–H groups in total. The monoisotopic (exact) mass is 304 g/mol. The molecule has 0 spiro atoms. The van der Waals surface area contributed by atoms with Gasteiger partial charge < -0.3 is 9.73 Å². The molecule has 2 aromatic rings. The number of benzene rings is 1. The van der Waals surface area contributed by atoms with Crippen molar-refractivity contribution in [2.75, 3.05) is 0 Å². The predicted molar refractivity (Wildman–Crippen MR) is 87.9 cm³/mol. The zero-order chi connectivity index (χ0) is 15.6. The maximum Gasteiger partial charge on any atom is 0.261 e. The van der Waals surface area contributed by atoms with Gasteiger partial charge in [0.2, 0.25) is 0 Å². The van der Waals surface area contributed by atoms with Crippen molar-refractivity contribution in [3.05, 3.63) is 40.8 Å². The minimum atomic E-state index is 0.133. The van der Waals surface area contributed by atoms with Gasteiger partial charge in [0, 0.05) is 17.0 Å². The Labute approximate surface area is 131 Å². The molecule has 0 fully saturated rings. The van der Waals surface area contributed by atoms with Gasteiger partial charge in [0.25, 0.3) is 5.22 Å². The first-order valence-corrected chi connectivity index (χ1v) is 8.03. The molecule has 1 aromatic heterocycles. The van der Waals surface area contributed by atoms with Crippen LogP contribution in [0, 0.1) is 20.8 Å². The largest absolute Gasteiger partial charge is 0.436 e. The second-order valence-corrected chi connectivity index (χ2v) is 7.42. The van der Waals surface area contributed by atoms with E-state index in [2.05, 4.69) is 56.2 Å². The van der Waals surface area contributed by atoms with Crippen molar-refractivity contribution in [2.45, 2.75) is 63.7 Å². The van der Waals surface area contributed by atoms with Gasteiger partial charge in [-0.15, -0.1) is 0 Å². The van der Waals surface area contributed by atoms with Gasteiger partial charge in [0.05, 0.1) is 5.69 Å². The lowest BCUT2D eigenvalue weighted by Gasteiger charge is -2.20. The summed E-state index contributed by atoms with van der Waals surface area (Å²) < 4.78 is 5.64. The average molecular weight is 304 g/mol. The summed E-state index contributed by atoms with van der Waals surface area (Å²) >= 11 is 1.58. The molecule has 0 amide bonds. The smallest absolute Gasteiger partial charge is 0.261 e. The lowest BCUT2D eigenvalue weighted by Crippen LogP contribution is -2.35. The topological polar surface area (TPSA) is 38.1 Å². The summed E-state index contributed by atoms with van der Waals surface area (Å²) in [5.41, 5.74) is 3.64. The molecular formula is C17H24N2OS. The van der Waals surface area contributed by atoms with Crippen molar-refractivity contribution in [1.82, 2.24) is 10.3 Å². The van der Waals surface area contributed by atoms with E-state index in [-0.39, 0.29) is 5.54 Å². The fraction of sp³-hybridized carbons (Fsp3) is 0.471. The zero-order valence-corrected chi connectivity index (χ0v) is 14.5. The Morgan fingerprint density at radius 1 is 1.19 bits per heavy atom. The summed E-state index contributed by atoms with van der Waals surface area (Å²) in [4.78, 5) is 5.61. The molecule has 0 saturated heterocycles. The summed E-state index contributed by atoms with van der Waals surface area (Å²) in [5.74, 6) is 0.890. The van der Waals surface area contributed by atoms with Gasteiger partial charge in [-0.05, 0) is 70.5 Å². The van der Waals surface area contributed by atoms with E-state index in [1.165, 1.54) is 16.0 Å². The van der Waals surface area contributed by atoms with Gasteiger partial charge in [-0.3, -0.25) is 0 Å². The highest BCUT2D eigenvalue weighted by atomic mass is 32.2. The van der Waals surface area contributed by atoms with Gasteiger partial charge in [0.15, 0.2) is 0 Å². The third-order valence-corrected chi connectivity index (χ3v) is 4.30. The average Bonchev–Trinajstić information content (AvgIpc) is 2.68. The Morgan fingerprint density at radius 3 is 2.43 bits per heavy atom. The summed E-state index contributed by atoms with van der Waals surface area (Å²) in [6.45, 7) is 13.5. The molecule has 0 saturated carbocycles. The number of aromatic nitrogens is 1. The molecule has 0 bridgehead atoms. The molecule has 0 unspecified atom stereocenters. The van der Waals surface area contributed by atoms with E-state index in [0.717, 1.165) is 18.0 Å². The number of oxazole rings is 1. The number of aryl methyl sites for hydroxylation is 3. The van der Waals surface area contributed by atoms with Crippen LogP contribution >= 0.6 is 11.8 Å². The van der Waals surface area contributed by atoms with Crippen LogP contribution in [-0.4, -0.2) is 10.5 Å². The van der Waals surface area contributed by atoms with Crippen LogP contribution in [0.1, 0.15) is 43.4 Å². The van der Waals surface area contributed by atoms with E-state index in [1.807, 2.05) is 13.8 Å². The van der Waals surface area contributed by atoms with Crippen molar-refractivity contribution < 1.29 is 4.42 Å². The summed E-state index contributed by atoms with van der Waals surface area (Å²) in [7, 11) is 0. The van der Waals surface area contributed by atoms with E-state index in [1.54, 1.807) is 11.8 Å². The molecule has 0 aliphatic rings. The normalized spacial score (nSPS) is 11.9. The molecule has 4 heteroatoms. The number of nitrogens with one attached hydrogen (secondary N) is 1. The summed E-state index contributed by atoms with van der Waals surface area (Å²) in [5, 5.41) is 4.22. The van der Waals surface area contributed by atoms with Gasteiger partial charge >= 0.3 is 0 Å². The molecule has 1 heterocycles. The Morgan fingerprint density at radius 2 is 1.90 bits per heavy atom. The van der Waals surface area contributed by atoms with Crippen molar-refractivity contribution in [1.29, 1.82) is 0 Å². The highest BCUT2D eigenvalue weighted by molar-refractivity contribution is 7.99. The Kier molecular flexibility index (Phi) is 4.79. The van der Waals surface area contributed by atoms with Gasteiger partial charge in [-0.1, -0.05) is 12.1 Å². The first-order chi connectivity index (χ1) is 9.74. The van der Waals surface area contributed by atoms with Crippen LogP contribution in [0.15, 0.2) is 32.7 Å². The third-order valence-electron chi connectivity index (χ3n) is 3.27. The fourth-order valence-corrected chi connectivity index (χ4v) is 2.78. The van der Waals surface area contributed by atoms with Gasteiger partial charge in [-0.25, -0.2) is 4.98 Å². The van der Waals surface area contributed by atoms with E-state index in [4.69, 9.17) is 4.42 Å². The predicted octanol–water partition coefficient (Wildman–Crippen LogP) is 4.64. The highest BCUT2D eigenvalue weighted by Gasteiger charge is 2.11. The van der Waals surface area contributed by atoms with Crippen molar-refractivity contribution >= 4 is 11.8 Å².